The molecule has 19 heavy (non-hydrogen) atoms. The average molecular weight is 320 g/mol. The summed E-state index contributed by atoms with van der Waals surface area (Å²) in [6.45, 7) is 3.89. The summed E-state index contributed by atoms with van der Waals surface area (Å²) in [6, 6.07) is 7.11. The van der Waals surface area contributed by atoms with E-state index in [1.54, 1.807) is 12.1 Å². The number of aromatic nitrogens is 1. The Bertz CT molecular complexity index is 617. The summed E-state index contributed by atoms with van der Waals surface area (Å²) >= 11 is 3.43. The minimum Gasteiger partial charge on any atom is -0.399 e. The second kappa shape index (κ2) is 5.40. The van der Waals surface area contributed by atoms with E-state index in [0.29, 0.717) is 11.4 Å². The number of pyridine rings is 1. The van der Waals surface area contributed by atoms with Crippen molar-refractivity contribution < 1.29 is 4.79 Å². The molecular weight excluding hydrogens is 306 g/mol. The van der Waals surface area contributed by atoms with Gasteiger partial charge in [-0.1, -0.05) is 15.9 Å². The summed E-state index contributed by atoms with van der Waals surface area (Å²) in [5, 5.41) is 2.87. The van der Waals surface area contributed by atoms with Crippen LogP contribution in [-0.4, -0.2) is 10.9 Å². The van der Waals surface area contributed by atoms with Crippen molar-refractivity contribution in [3.63, 3.8) is 0 Å². The Hall–Kier alpha value is -1.88. The average Bonchev–Trinajstić information content (AvgIpc) is 2.33. The molecule has 98 valence electrons. The van der Waals surface area contributed by atoms with Crippen molar-refractivity contribution in [3.05, 3.63) is 51.8 Å². The van der Waals surface area contributed by atoms with Gasteiger partial charge in [0.1, 0.15) is 5.69 Å². The molecule has 1 amide bonds. The lowest BCUT2D eigenvalue weighted by molar-refractivity contribution is 0.102. The maximum absolute atomic E-state index is 12.1. The fraction of sp³-hybridized carbons (Fsp3) is 0.143. The van der Waals surface area contributed by atoms with Crippen molar-refractivity contribution in [1.82, 2.24) is 4.98 Å². The van der Waals surface area contributed by atoms with Gasteiger partial charge in [0.25, 0.3) is 5.91 Å². The van der Waals surface area contributed by atoms with E-state index >= 15 is 0 Å². The lowest BCUT2D eigenvalue weighted by Gasteiger charge is -2.12. The Balaban J connectivity index is 2.29. The Labute approximate surface area is 120 Å². The van der Waals surface area contributed by atoms with Crippen LogP contribution in [0.15, 0.2) is 34.9 Å². The topological polar surface area (TPSA) is 68.0 Å². The van der Waals surface area contributed by atoms with Gasteiger partial charge in [-0.15, -0.1) is 0 Å². The molecule has 0 saturated carbocycles. The van der Waals surface area contributed by atoms with E-state index in [1.807, 2.05) is 26.0 Å². The van der Waals surface area contributed by atoms with Crippen molar-refractivity contribution in [1.29, 1.82) is 0 Å². The molecule has 0 bridgehead atoms. The Morgan fingerprint density at radius 2 is 1.89 bits per heavy atom. The van der Waals surface area contributed by atoms with Crippen LogP contribution in [0.5, 0.6) is 0 Å². The number of benzene rings is 1. The number of nitrogens with one attached hydrogen (secondary N) is 1. The normalized spacial score (nSPS) is 10.3. The number of amides is 1. The van der Waals surface area contributed by atoms with Crippen molar-refractivity contribution in [2.45, 2.75) is 13.8 Å². The van der Waals surface area contributed by atoms with E-state index in [-0.39, 0.29) is 5.91 Å². The number of halogens is 1. The molecular formula is C14H14BrN3O. The number of rotatable bonds is 2. The van der Waals surface area contributed by atoms with Gasteiger partial charge in [-0.2, -0.15) is 0 Å². The van der Waals surface area contributed by atoms with Crippen LogP contribution in [0, 0.1) is 13.8 Å². The van der Waals surface area contributed by atoms with Crippen LogP contribution in [0.25, 0.3) is 0 Å². The first-order valence-electron chi connectivity index (χ1n) is 5.77. The van der Waals surface area contributed by atoms with Gasteiger partial charge in [0.2, 0.25) is 0 Å². The van der Waals surface area contributed by atoms with Gasteiger partial charge in [0.05, 0.1) is 0 Å². The second-order valence-corrected chi connectivity index (χ2v) is 5.26. The number of carbonyl (C=O) groups is 1. The SMILES string of the molecule is Cc1cc(Br)cc(C)c1NC(=O)c1cc(N)ccn1. The maximum atomic E-state index is 12.1. The molecule has 0 aliphatic carbocycles. The Kier molecular flexibility index (Phi) is 3.85. The Morgan fingerprint density at radius 1 is 1.26 bits per heavy atom. The molecule has 2 rings (SSSR count). The summed E-state index contributed by atoms with van der Waals surface area (Å²) < 4.78 is 0.988. The highest BCUT2D eigenvalue weighted by molar-refractivity contribution is 9.10. The van der Waals surface area contributed by atoms with Crippen LogP contribution in [0.4, 0.5) is 11.4 Å². The van der Waals surface area contributed by atoms with Crippen LogP contribution in [0.3, 0.4) is 0 Å². The van der Waals surface area contributed by atoms with Crippen molar-refractivity contribution >= 4 is 33.2 Å². The van der Waals surface area contributed by atoms with Gasteiger partial charge in [-0.25, -0.2) is 0 Å². The summed E-state index contributed by atoms with van der Waals surface area (Å²) in [4.78, 5) is 16.1. The molecule has 1 aromatic carbocycles. The largest absolute Gasteiger partial charge is 0.399 e. The number of aryl methyl sites for hydroxylation is 2. The predicted molar refractivity (Wildman–Crippen MR) is 80.2 cm³/mol. The molecule has 2 aromatic rings. The van der Waals surface area contributed by atoms with Gasteiger partial charge in [-0.05, 0) is 49.2 Å². The molecule has 0 fully saturated rings. The Morgan fingerprint density at radius 3 is 2.47 bits per heavy atom. The molecule has 0 spiro atoms. The molecule has 0 aliphatic heterocycles. The highest BCUT2D eigenvalue weighted by atomic mass is 79.9. The number of nitrogens with two attached hydrogens (primary N) is 1. The molecule has 0 saturated heterocycles. The minimum atomic E-state index is -0.263. The van der Waals surface area contributed by atoms with Crippen LogP contribution in [-0.2, 0) is 0 Å². The number of carbonyl (C=O) groups excluding carboxylic acids is 1. The van der Waals surface area contributed by atoms with Crippen molar-refractivity contribution in [2.24, 2.45) is 0 Å². The lowest BCUT2D eigenvalue weighted by Crippen LogP contribution is -2.15. The van der Waals surface area contributed by atoms with Gasteiger partial charge in [-0.3, -0.25) is 9.78 Å². The van der Waals surface area contributed by atoms with E-state index in [1.165, 1.54) is 6.20 Å². The monoisotopic (exact) mass is 319 g/mol. The molecule has 0 aliphatic rings. The zero-order valence-electron chi connectivity index (χ0n) is 10.7. The zero-order valence-corrected chi connectivity index (χ0v) is 12.3. The first kappa shape index (κ1) is 13.5. The number of nitrogens with zero attached hydrogens (tertiary/aromatic N) is 1. The molecule has 1 heterocycles. The first-order valence-corrected chi connectivity index (χ1v) is 6.56. The summed E-state index contributed by atoms with van der Waals surface area (Å²) in [5.74, 6) is -0.263. The smallest absolute Gasteiger partial charge is 0.274 e. The molecule has 4 nitrogen and oxygen atoms in total. The van der Waals surface area contributed by atoms with Gasteiger partial charge in [0, 0.05) is 22.0 Å². The highest BCUT2D eigenvalue weighted by Gasteiger charge is 2.11. The van der Waals surface area contributed by atoms with E-state index < -0.39 is 0 Å². The van der Waals surface area contributed by atoms with Crippen LogP contribution in [0.2, 0.25) is 0 Å². The second-order valence-electron chi connectivity index (χ2n) is 4.34. The van der Waals surface area contributed by atoms with Crippen molar-refractivity contribution in [2.75, 3.05) is 11.1 Å². The molecule has 1 aromatic heterocycles. The number of nitrogen functional groups attached to an aromatic ring is 1. The molecule has 0 unspecified atom stereocenters. The fourth-order valence-electron chi connectivity index (χ4n) is 1.86. The van der Waals surface area contributed by atoms with E-state index in [4.69, 9.17) is 5.73 Å². The number of hydrogen-bond acceptors (Lipinski definition) is 3. The highest BCUT2D eigenvalue weighted by Crippen LogP contribution is 2.25. The van der Waals surface area contributed by atoms with Gasteiger partial charge >= 0.3 is 0 Å². The van der Waals surface area contributed by atoms with Crippen LogP contribution >= 0.6 is 15.9 Å². The summed E-state index contributed by atoms with van der Waals surface area (Å²) in [6.07, 6.45) is 1.52. The maximum Gasteiger partial charge on any atom is 0.274 e. The molecule has 0 atom stereocenters. The third-order valence-corrected chi connectivity index (χ3v) is 3.21. The fourth-order valence-corrected chi connectivity index (χ4v) is 2.54. The first-order chi connectivity index (χ1) is 8.97. The number of anilines is 2. The third-order valence-electron chi connectivity index (χ3n) is 2.75. The van der Waals surface area contributed by atoms with Gasteiger partial charge in [0.15, 0.2) is 0 Å². The predicted octanol–water partition coefficient (Wildman–Crippen LogP) is 3.30. The van der Waals surface area contributed by atoms with E-state index in [2.05, 4.69) is 26.2 Å². The van der Waals surface area contributed by atoms with Crippen molar-refractivity contribution in [3.8, 4) is 0 Å². The standard InChI is InChI=1S/C14H14BrN3O/c1-8-5-10(15)6-9(2)13(8)18-14(19)12-7-11(16)3-4-17-12/h3-7H,1-2H3,(H2,16,17)(H,18,19). The summed E-state index contributed by atoms with van der Waals surface area (Å²) in [7, 11) is 0. The quantitative estimate of drug-likeness (QED) is 0.892. The summed E-state index contributed by atoms with van der Waals surface area (Å²) in [5.41, 5.74) is 9.25. The van der Waals surface area contributed by atoms with E-state index in [9.17, 15) is 4.79 Å². The minimum absolute atomic E-state index is 0.263. The van der Waals surface area contributed by atoms with E-state index in [0.717, 1.165) is 21.3 Å². The zero-order chi connectivity index (χ0) is 14.0. The van der Waals surface area contributed by atoms with Crippen LogP contribution < -0.4 is 11.1 Å². The molecule has 0 radical (unpaired) electrons. The van der Waals surface area contributed by atoms with Crippen LogP contribution in [0.1, 0.15) is 21.6 Å². The third kappa shape index (κ3) is 3.12. The number of hydrogen-bond donors (Lipinski definition) is 2. The molecule has 5 heteroatoms. The molecule has 3 N–H and O–H groups in total. The van der Waals surface area contributed by atoms with Gasteiger partial charge < -0.3 is 11.1 Å². The lowest BCUT2D eigenvalue weighted by atomic mass is 10.1.